The van der Waals surface area contributed by atoms with Crippen molar-refractivity contribution in [1.82, 2.24) is 5.32 Å². The van der Waals surface area contributed by atoms with E-state index in [9.17, 15) is 4.79 Å². The van der Waals surface area contributed by atoms with Gasteiger partial charge in [-0.25, -0.2) is 0 Å². The number of halogens is 1. The van der Waals surface area contributed by atoms with Gasteiger partial charge in [0.05, 0.1) is 5.56 Å². The number of nitrogens with two attached hydrogens (primary N) is 1. The zero-order valence-corrected chi connectivity index (χ0v) is 10.1. The molecule has 1 amide bonds. The third kappa shape index (κ3) is 4.01. The molecule has 0 fully saturated rings. The minimum atomic E-state index is -0.0421. The Hall–Kier alpha value is -0.870. The van der Waals surface area contributed by atoms with Gasteiger partial charge in [-0.05, 0) is 47.4 Å². The molecule has 4 heteroatoms. The van der Waals surface area contributed by atoms with Crippen molar-refractivity contribution >= 4 is 21.8 Å². The van der Waals surface area contributed by atoms with Crippen LogP contribution >= 0.6 is 15.9 Å². The fourth-order valence-corrected chi connectivity index (χ4v) is 1.68. The van der Waals surface area contributed by atoms with Crippen molar-refractivity contribution in [1.29, 1.82) is 0 Å². The van der Waals surface area contributed by atoms with Crippen LogP contribution in [0, 0.1) is 0 Å². The molecule has 82 valence electrons. The SMILES string of the molecule is NCCCCNC(=O)c1ccccc1Br. The Labute approximate surface area is 98.2 Å². The zero-order valence-electron chi connectivity index (χ0n) is 8.50. The van der Waals surface area contributed by atoms with Crippen LogP contribution in [0.4, 0.5) is 0 Å². The number of carbonyl (C=O) groups is 1. The minimum absolute atomic E-state index is 0.0421. The normalized spacial score (nSPS) is 10.0. The van der Waals surface area contributed by atoms with Gasteiger partial charge in [-0.1, -0.05) is 12.1 Å². The highest BCUT2D eigenvalue weighted by molar-refractivity contribution is 9.10. The Morgan fingerprint density at radius 2 is 2.07 bits per heavy atom. The van der Waals surface area contributed by atoms with E-state index < -0.39 is 0 Å². The lowest BCUT2D eigenvalue weighted by molar-refractivity contribution is 0.0952. The van der Waals surface area contributed by atoms with Gasteiger partial charge in [0.2, 0.25) is 0 Å². The van der Waals surface area contributed by atoms with E-state index in [1.165, 1.54) is 0 Å². The van der Waals surface area contributed by atoms with Crippen molar-refractivity contribution in [2.24, 2.45) is 5.73 Å². The molecule has 3 nitrogen and oxygen atoms in total. The lowest BCUT2D eigenvalue weighted by Crippen LogP contribution is -2.25. The van der Waals surface area contributed by atoms with Gasteiger partial charge in [0.25, 0.3) is 5.91 Å². The van der Waals surface area contributed by atoms with E-state index >= 15 is 0 Å². The highest BCUT2D eigenvalue weighted by Gasteiger charge is 2.07. The molecule has 0 aliphatic rings. The first-order valence-corrected chi connectivity index (χ1v) is 5.78. The van der Waals surface area contributed by atoms with Gasteiger partial charge in [-0.15, -0.1) is 0 Å². The highest BCUT2D eigenvalue weighted by Crippen LogP contribution is 2.15. The first-order chi connectivity index (χ1) is 7.25. The van der Waals surface area contributed by atoms with Crippen LogP contribution in [0.25, 0.3) is 0 Å². The lowest BCUT2D eigenvalue weighted by atomic mass is 10.2. The van der Waals surface area contributed by atoms with Crippen LogP contribution in [-0.2, 0) is 0 Å². The quantitative estimate of drug-likeness (QED) is 0.804. The fourth-order valence-electron chi connectivity index (χ4n) is 1.21. The number of nitrogens with one attached hydrogen (secondary N) is 1. The Morgan fingerprint density at radius 1 is 1.33 bits per heavy atom. The molecule has 1 rings (SSSR count). The Bertz CT molecular complexity index is 328. The van der Waals surface area contributed by atoms with E-state index in [0.29, 0.717) is 18.7 Å². The molecule has 3 N–H and O–H groups in total. The van der Waals surface area contributed by atoms with Crippen molar-refractivity contribution in [3.8, 4) is 0 Å². The van der Waals surface area contributed by atoms with Crippen molar-refractivity contribution < 1.29 is 4.79 Å². The van der Waals surface area contributed by atoms with Crippen LogP contribution in [0.1, 0.15) is 23.2 Å². The number of hydrogen-bond acceptors (Lipinski definition) is 2. The lowest BCUT2D eigenvalue weighted by Gasteiger charge is -2.05. The third-order valence-corrected chi connectivity index (χ3v) is 2.73. The Kier molecular flexibility index (Phi) is 5.36. The van der Waals surface area contributed by atoms with Crippen molar-refractivity contribution in [3.05, 3.63) is 34.3 Å². The predicted molar refractivity (Wildman–Crippen MR) is 64.8 cm³/mol. The summed E-state index contributed by atoms with van der Waals surface area (Å²) in [4.78, 5) is 11.7. The van der Waals surface area contributed by atoms with Crippen LogP contribution in [0.2, 0.25) is 0 Å². The fraction of sp³-hybridized carbons (Fsp3) is 0.364. The summed E-state index contributed by atoms with van der Waals surface area (Å²) in [5.41, 5.74) is 6.03. The molecule has 0 saturated heterocycles. The predicted octanol–water partition coefficient (Wildman–Crippen LogP) is 1.92. The molecular formula is C11H15BrN2O. The molecule has 1 aromatic carbocycles. The number of hydrogen-bond donors (Lipinski definition) is 2. The first kappa shape index (κ1) is 12.2. The average molecular weight is 271 g/mol. The summed E-state index contributed by atoms with van der Waals surface area (Å²) in [6, 6.07) is 7.38. The van der Waals surface area contributed by atoms with Gasteiger partial charge in [0.1, 0.15) is 0 Å². The van der Waals surface area contributed by atoms with Crippen LogP contribution in [-0.4, -0.2) is 19.0 Å². The van der Waals surface area contributed by atoms with Gasteiger partial charge >= 0.3 is 0 Å². The maximum absolute atomic E-state index is 11.7. The van der Waals surface area contributed by atoms with Gasteiger partial charge in [0.15, 0.2) is 0 Å². The van der Waals surface area contributed by atoms with Crippen molar-refractivity contribution in [2.45, 2.75) is 12.8 Å². The largest absolute Gasteiger partial charge is 0.352 e. The van der Waals surface area contributed by atoms with E-state index in [1.807, 2.05) is 18.2 Å². The van der Waals surface area contributed by atoms with Crippen molar-refractivity contribution in [2.75, 3.05) is 13.1 Å². The molecule has 0 bridgehead atoms. The average Bonchev–Trinajstić information content (AvgIpc) is 2.25. The topological polar surface area (TPSA) is 55.1 Å². The second-order valence-corrected chi connectivity index (χ2v) is 4.09. The number of unbranched alkanes of at least 4 members (excludes halogenated alkanes) is 1. The summed E-state index contributed by atoms with van der Waals surface area (Å²) in [6.45, 7) is 1.35. The maximum atomic E-state index is 11.7. The Balaban J connectivity index is 2.44. The summed E-state index contributed by atoms with van der Waals surface area (Å²) in [6.07, 6.45) is 1.86. The molecule has 0 radical (unpaired) electrons. The van der Waals surface area contributed by atoms with Crippen LogP contribution in [0.3, 0.4) is 0 Å². The molecule has 0 atom stereocenters. The number of amides is 1. The molecule has 0 unspecified atom stereocenters. The molecule has 15 heavy (non-hydrogen) atoms. The Morgan fingerprint density at radius 3 is 2.73 bits per heavy atom. The summed E-state index contributed by atoms with van der Waals surface area (Å²) in [7, 11) is 0. The van der Waals surface area contributed by atoms with Crippen LogP contribution in [0.15, 0.2) is 28.7 Å². The summed E-state index contributed by atoms with van der Waals surface area (Å²) >= 11 is 3.34. The van der Waals surface area contributed by atoms with Crippen LogP contribution < -0.4 is 11.1 Å². The van der Waals surface area contributed by atoms with E-state index in [-0.39, 0.29) is 5.91 Å². The van der Waals surface area contributed by atoms with E-state index in [4.69, 9.17) is 5.73 Å². The second kappa shape index (κ2) is 6.58. The zero-order chi connectivity index (χ0) is 11.1. The number of rotatable bonds is 5. The maximum Gasteiger partial charge on any atom is 0.252 e. The molecule has 0 spiro atoms. The van der Waals surface area contributed by atoms with E-state index in [2.05, 4.69) is 21.2 Å². The summed E-state index contributed by atoms with van der Waals surface area (Å²) in [5.74, 6) is -0.0421. The first-order valence-electron chi connectivity index (χ1n) is 4.98. The molecule has 0 aliphatic heterocycles. The van der Waals surface area contributed by atoms with Crippen LogP contribution in [0.5, 0.6) is 0 Å². The van der Waals surface area contributed by atoms with Gasteiger partial charge in [-0.2, -0.15) is 0 Å². The molecule has 1 aromatic rings. The minimum Gasteiger partial charge on any atom is -0.352 e. The summed E-state index contributed by atoms with van der Waals surface area (Å²) < 4.78 is 0.821. The molecule has 0 aliphatic carbocycles. The third-order valence-electron chi connectivity index (χ3n) is 2.03. The smallest absolute Gasteiger partial charge is 0.252 e. The molecular weight excluding hydrogens is 256 g/mol. The van der Waals surface area contributed by atoms with Gasteiger partial charge in [0, 0.05) is 11.0 Å². The van der Waals surface area contributed by atoms with Gasteiger partial charge < -0.3 is 11.1 Å². The van der Waals surface area contributed by atoms with Crippen molar-refractivity contribution in [3.63, 3.8) is 0 Å². The summed E-state index contributed by atoms with van der Waals surface area (Å²) in [5, 5.41) is 2.85. The standard InChI is InChI=1S/C11H15BrN2O/c12-10-6-2-1-5-9(10)11(15)14-8-4-3-7-13/h1-2,5-6H,3-4,7-8,13H2,(H,14,15). The molecule has 0 heterocycles. The van der Waals surface area contributed by atoms with E-state index in [1.54, 1.807) is 6.07 Å². The highest BCUT2D eigenvalue weighted by atomic mass is 79.9. The second-order valence-electron chi connectivity index (χ2n) is 3.23. The number of benzene rings is 1. The monoisotopic (exact) mass is 270 g/mol. The molecule has 0 saturated carbocycles. The van der Waals surface area contributed by atoms with E-state index in [0.717, 1.165) is 17.3 Å². The molecule has 0 aromatic heterocycles. The number of carbonyl (C=O) groups excluding carboxylic acids is 1. The van der Waals surface area contributed by atoms with Gasteiger partial charge in [-0.3, -0.25) is 4.79 Å².